The van der Waals surface area contributed by atoms with Gasteiger partial charge in [0, 0.05) is 6.54 Å². The molecule has 1 aliphatic heterocycles. The molecule has 2 bridgehead atoms. The Kier molecular flexibility index (Phi) is 2.55. The summed E-state index contributed by atoms with van der Waals surface area (Å²) in [7, 11) is 0. The Morgan fingerprint density at radius 1 is 1.20 bits per heavy atom. The monoisotopic (exact) mass is 163 g/mol. The van der Waals surface area contributed by atoms with Crippen molar-refractivity contribution in [2.45, 2.75) is 18.9 Å². The molecule has 2 N–H and O–H groups in total. The van der Waals surface area contributed by atoms with Crippen LogP contribution in [-0.2, 0) is 0 Å². The topological polar surface area (TPSA) is 32.3 Å². The van der Waals surface area contributed by atoms with Crippen LogP contribution in [-0.4, -0.2) is 24.3 Å². The fourth-order valence-corrected chi connectivity index (χ4v) is 2.07. The quantitative estimate of drug-likeness (QED) is 0.542. The minimum atomic E-state index is 0. The van der Waals surface area contributed by atoms with Gasteiger partial charge in [0.2, 0.25) is 0 Å². The molecule has 1 heterocycles. The molecule has 0 radical (unpaired) electrons. The number of hydrogen-bond acceptors (Lipinski definition) is 2. The molecule has 1 saturated carbocycles. The van der Waals surface area contributed by atoms with E-state index in [0.29, 0.717) is 5.92 Å². The van der Waals surface area contributed by atoms with Crippen molar-refractivity contribution in [1.82, 2.24) is 5.32 Å². The van der Waals surface area contributed by atoms with Crippen LogP contribution < -0.4 is 5.32 Å². The number of hydrogen-bond donors (Lipinski definition) is 2. The highest BCUT2D eigenvalue weighted by molar-refractivity contribution is 5.85. The van der Waals surface area contributed by atoms with Gasteiger partial charge in [0.15, 0.2) is 0 Å². The summed E-state index contributed by atoms with van der Waals surface area (Å²) in [5, 5.41) is 12.7. The molecule has 0 amide bonds. The third kappa shape index (κ3) is 1.29. The van der Waals surface area contributed by atoms with E-state index < -0.39 is 0 Å². The lowest BCUT2D eigenvalue weighted by Gasteiger charge is -2.19. The first-order valence-corrected chi connectivity index (χ1v) is 3.75. The van der Waals surface area contributed by atoms with E-state index >= 15 is 0 Å². The summed E-state index contributed by atoms with van der Waals surface area (Å²) in [6.45, 7) is 2.17. The predicted octanol–water partition coefficient (Wildman–Crippen LogP) is 0.398. The fourth-order valence-electron chi connectivity index (χ4n) is 2.07. The number of halogens is 1. The molecule has 0 aromatic heterocycles. The van der Waals surface area contributed by atoms with Crippen LogP contribution in [0.5, 0.6) is 0 Å². The lowest BCUT2D eigenvalue weighted by Crippen LogP contribution is -2.32. The molecule has 0 unspecified atom stereocenters. The van der Waals surface area contributed by atoms with Gasteiger partial charge < -0.3 is 10.4 Å². The molecule has 3 atom stereocenters. The third-order valence-corrected chi connectivity index (χ3v) is 2.59. The van der Waals surface area contributed by atoms with Crippen LogP contribution in [0.2, 0.25) is 0 Å². The Bertz CT molecular complexity index is 118. The van der Waals surface area contributed by atoms with Crippen LogP contribution in [0.25, 0.3) is 0 Å². The van der Waals surface area contributed by atoms with Gasteiger partial charge in [0.05, 0.1) is 6.10 Å². The molecular weight excluding hydrogens is 150 g/mol. The van der Waals surface area contributed by atoms with E-state index in [0.717, 1.165) is 25.4 Å². The van der Waals surface area contributed by atoms with Crippen molar-refractivity contribution in [2.24, 2.45) is 11.8 Å². The SMILES string of the molecule is Cl.O[C@@H]1C[C@@H]2CNC[C@H]1C2. The Balaban J connectivity index is 0.000000500. The maximum Gasteiger partial charge on any atom is 0.0583 e. The highest BCUT2D eigenvalue weighted by Crippen LogP contribution is 2.32. The molecule has 3 heteroatoms. The molecule has 2 rings (SSSR count). The van der Waals surface area contributed by atoms with Crippen LogP contribution in [0.1, 0.15) is 12.8 Å². The minimum Gasteiger partial charge on any atom is -0.393 e. The fraction of sp³-hybridized carbons (Fsp3) is 1.00. The lowest BCUT2D eigenvalue weighted by atomic mass is 10.0. The van der Waals surface area contributed by atoms with Gasteiger partial charge in [0.1, 0.15) is 0 Å². The molecule has 0 spiro atoms. The zero-order chi connectivity index (χ0) is 6.27. The molecule has 1 aliphatic carbocycles. The zero-order valence-electron chi connectivity index (χ0n) is 5.92. The first-order valence-electron chi connectivity index (χ1n) is 3.75. The van der Waals surface area contributed by atoms with Gasteiger partial charge in [-0.05, 0) is 31.2 Å². The number of aliphatic hydroxyl groups excluding tert-OH is 1. The van der Waals surface area contributed by atoms with E-state index in [9.17, 15) is 5.11 Å². The number of nitrogens with one attached hydrogen (secondary N) is 1. The van der Waals surface area contributed by atoms with Crippen LogP contribution >= 0.6 is 12.4 Å². The number of rotatable bonds is 0. The van der Waals surface area contributed by atoms with Crippen LogP contribution in [0.3, 0.4) is 0 Å². The van der Waals surface area contributed by atoms with E-state index in [4.69, 9.17) is 0 Å². The summed E-state index contributed by atoms with van der Waals surface area (Å²) in [6.07, 6.45) is 2.30. The summed E-state index contributed by atoms with van der Waals surface area (Å²) in [5.41, 5.74) is 0. The second-order valence-electron chi connectivity index (χ2n) is 3.32. The Labute approximate surface area is 67.4 Å². The van der Waals surface area contributed by atoms with Crippen molar-refractivity contribution in [3.8, 4) is 0 Å². The number of aliphatic hydroxyl groups is 1. The molecule has 10 heavy (non-hydrogen) atoms. The average Bonchev–Trinajstić information content (AvgIpc) is 2.09. The van der Waals surface area contributed by atoms with E-state index in [2.05, 4.69) is 5.32 Å². The molecule has 2 fully saturated rings. The van der Waals surface area contributed by atoms with Crippen molar-refractivity contribution in [3.63, 3.8) is 0 Å². The largest absolute Gasteiger partial charge is 0.393 e. The summed E-state index contributed by atoms with van der Waals surface area (Å²) in [4.78, 5) is 0. The molecule has 0 aromatic carbocycles. The summed E-state index contributed by atoms with van der Waals surface area (Å²) >= 11 is 0. The standard InChI is InChI=1S/C7H13NO.ClH/c9-7-2-5-1-6(7)4-8-3-5;/h5-9H,1-4H2;1H/t5-,6-,7-;/m1./s1. The van der Waals surface area contributed by atoms with Gasteiger partial charge in [-0.1, -0.05) is 0 Å². The van der Waals surface area contributed by atoms with Crippen LogP contribution in [0.15, 0.2) is 0 Å². The smallest absolute Gasteiger partial charge is 0.0583 e. The van der Waals surface area contributed by atoms with Crippen molar-refractivity contribution >= 4 is 12.4 Å². The molecule has 1 saturated heterocycles. The van der Waals surface area contributed by atoms with Gasteiger partial charge in [-0.3, -0.25) is 0 Å². The van der Waals surface area contributed by atoms with Gasteiger partial charge in [-0.15, -0.1) is 12.4 Å². The predicted molar refractivity (Wildman–Crippen MR) is 42.3 cm³/mol. The molecule has 0 aromatic rings. The average molecular weight is 164 g/mol. The lowest BCUT2D eigenvalue weighted by molar-refractivity contribution is 0.135. The molecule has 2 aliphatic rings. The van der Waals surface area contributed by atoms with Crippen LogP contribution in [0, 0.1) is 11.8 Å². The summed E-state index contributed by atoms with van der Waals surface area (Å²) < 4.78 is 0. The molecular formula is C7H14ClNO. The van der Waals surface area contributed by atoms with E-state index in [1.807, 2.05) is 0 Å². The maximum atomic E-state index is 9.36. The van der Waals surface area contributed by atoms with Crippen molar-refractivity contribution in [3.05, 3.63) is 0 Å². The highest BCUT2D eigenvalue weighted by atomic mass is 35.5. The Morgan fingerprint density at radius 2 is 2.00 bits per heavy atom. The van der Waals surface area contributed by atoms with Crippen molar-refractivity contribution in [2.75, 3.05) is 13.1 Å². The Hall–Kier alpha value is 0.210. The van der Waals surface area contributed by atoms with Crippen molar-refractivity contribution in [1.29, 1.82) is 0 Å². The van der Waals surface area contributed by atoms with Gasteiger partial charge in [0.25, 0.3) is 0 Å². The Morgan fingerprint density at radius 3 is 2.60 bits per heavy atom. The zero-order valence-corrected chi connectivity index (χ0v) is 6.73. The highest BCUT2D eigenvalue weighted by Gasteiger charge is 2.35. The normalized spacial score (nSPS) is 44.7. The van der Waals surface area contributed by atoms with Gasteiger partial charge in [-0.25, -0.2) is 0 Å². The van der Waals surface area contributed by atoms with Crippen LogP contribution in [0.4, 0.5) is 0 Å². The summed E-state index contributed by atoms with van der Waals surface area (Å²) in [5.74, 6) is 1.35. The number of fused-ring (bicyclic) bond motifs is 2. The van der Waals surface area contributed by atoms with E-state index in [-0.39, 0.29) is 18.5 Å². The summed E-state index contributed by atoms with van der Waals surface area (Å²) in [6, 6.07) is 0. The van der Waals surface area contributed by atoms with Crippen molar-refractivity contribution < 1.29 is 5.11 Å². The first kappa shape index (κ1) is 8.31. The molecule has 60 valence electrons. The first-order chi connectivity index (χ1) is 4.36. The van der Waals surface area contributed by atoms with E-state index in [1.54, 1.807) is 0 Å². The van der Waals surface area contributed by atoms with Gasteiger partial charge >= 0.3 is 0 Å². The number of piperidine rings is 1. The molecule has 2 nitrogen and oxygen atoms in total. The third-order valence-electron chi connectivity index (χ3n) is 2.59. The second-order valence-corrected chi connectivity index (χ2v) is 3.32. The second kappa shape index (κ2) is 3.07. The maximum absolute atomic E-state index is 9.36. The minimum absolute atomic E-state index is 0. The van der Waals surface area contributed by atoms with E-state index in [1.165, 1.54) is 6.42 Å². The van der Waals surface area contributed by atoms with Gasteiger partial charge in [-0.2, -0.15) is 0 Å².